The number of carboxylic acid groups (broad SMARTS) is 1. The number of unbranched alkanes of at least 4 members (excludes halogenated alkanes) is 2. The normalized spacial score (nSPS) is 16.9. The van der Waals surface area contributed by atoms with Gasteiger partial charge >= 0.3 is 5.97 Å². The zero-order chi connectivity index (χ0) is 13.3. The average Bonchev–Trinajstić information content (AvgIpc) is 2.24. The highest BCUT2D eigenvalue weighted by Gasteiger charge is 2.12. The van der Waals surface area contributed by atoms with Crippen molar-refractivity contribution in [3.05, 3.63) is 12.2 Å². The van der Waals surface area contributed by atoms with Crippen LogP contribution in [0.2, 0.25) is 0 Å². The molecule has 17 heavy (non-hydrogen) atoms. The maximum Gasteiger partial charge on any atom is 0.328 e. The lowest BCUT2D eigenvalue weighted by Gasteiger charge is -2.14. The van der Waals surface area contributed by atoms with Crippen molar-refractivity contribution in [1.82, 2.24) is 0 Å². The van der Waals surface area contributed by atoms with Crippen molar-refractivity contribution < 1.29 is 25.2 Å². The van der Waals surface area contributed by atoms with Gasteiger partial charge < -0.3 is 20.4 Å². The first kappa shape index (κ1) is 16.1. The fourth-order valence-corrected chi connectivity index (χ4v) is 1.45. The van der Waals surface area contributed by atoms with E-state index in [0.29, 0.717) is 6.42 Å². The van der Waals surface area contributed by atoms with Crippen LogP contribution in [-0.4, -0.2) is 44.7 Å². The van der Waals surface area contributed by atoms with Crippen molar-refractivity contribution in [3.63, 3.8) is 0 Å². The molecule has 5 heteroatoms. The standard InChI is InChI=1S/C12H22O5/c1-9(13)5-3-2-4-6-10(14)11(15)7-8-12(16)17/h7-11,13-15H,2-6H2,1H3,(H,16,17)/b8-7-/t9-,10+,11-/m0/s1. The van der Waals surface area contributed by atoms with E-state index < -0.39 is 18.2 Å². The minimum atomic E-state index is -1.15. The predicted molar refractivity (Wildman–Crippen MR) is 63.6 cm³/mol. The molecule has 0 aromatic carbocycles. The van der Waals surface area contributed by atoms with E-state index >= 15 is 0 Å². The van der Waals surface area contributed by atoms with Crippen LogP contribution in [0.1, 0.15) is 39.0 Å². The van der Waals surface area contributed by atoms with Crippen LogP contribution >= 0.6 is 0 Å². The van der Waals surface area contributed by atoms with Crippen LogP contribution in [0.3, 0.4) is 0 Å². The number of aliphatic hydroxyl groups excluding tert-OH is 3. The van der Waals surface area contributed by atoms with Gasteiger partial charge in [-0.3, -0.25) is 0 Å². The van der Waals surface area contributed by atoms with Gasteiger partial charge in [-0.2, -0.15) is 0 Å². The molecule has 0 aliphatic carbocycles. The molecule has 0 fully saturated rings. The molecule has 0 heterocycles. The van der Waals surface area contributed by atoms with E-state index in [0.717, 1.165) is 37.8 Å². The molecule has 3 atom stereocenters. The Morgan fingerprint density at radius 2 is 1.71 bits per heavy atom. The van der Waals surface area contributed by atoms with Crippen LogP contribution in [0.15, 0.2) is 12.2 Å². The van der Waals surface area contributed by atoms with Gasteiger partial charge in [0.25, 0.3) is 0 Å². The zero-order valence-corrected chi connectivity index (χ0v) is 10.1. The molecule has 0 bridgehead atoms. The summed E-state index contributed by atoms with van der Waals surface area (Å²) in [4.78, 5) is 10.2. The molecule has 0 amide bonds. The molecule has 0 saturated heterocycles. The van der Waals surface area contributed by atoms with E-state index in [1.54, 1.807) is 6.92 Å². The summed E-state index contributed by atoms with van der Waals surface area (Å²) in [6, 6.07) is 0. The highest BCUT2D eigenvalue weighted by molar-refractivity contribution is 5.79. The molecule has 0 aliphatic rings. The van der Waals surface area contributed by atoms with E-state index in [1.165, 1.54) is 0 Å². The number of carboxylic acids is 1. The van der Waals surface area contributed by atoms with Gasteiger partial charge in [-0.15, -0.1) is 0 Å². The molecular weight excluding hydrogens is 224 g/mol. The van der Waals surface area contributed by atoms with E-state index in [2.05, 4.69) is 0 Å². The number of hydrogen-bond donors (Lipinski definition) is 4. The van der Waals surface area contributed by atoms with E-state index in [9.17, 15) is 15.0 Å². The number of hydrogen-bond acceptors (Lipinski definition) is 4. The molecule has 4 N–H and O–H groups in total. The number of aliphatic hydroxyl groups is 3. The molecule has 0 aromatic rings. The summed E-state index contributed by atoms with van der Waals surface area (Å²) in [6.45, 7) is 1.73. The third-order valence-corrected chi connectivity index (χ3v) is 2.45. The third-order valence-electron chi connectivity index (χ3n) is 2.45. The van der Waals surface area contributed by atoms with Gasteiger partial charge in [-0.1, -0.05) is 19.3 Å². The fourth-order valence-electron chi connectivity index (χ4n) is 1.45. The second-order valence-electron chi connectivity index (χ2n) is 4.24. The zero-order valence-electron chi connectivity index (χ0n) is 10.1. The largest absolute Gasteiger partial charge is 0.478 e. The van der Waals surface area contributed by atoms with Crippen molar-refractivity contribution in [2.45, 2.75) is 57.3 Å². The lowest BCUT2D eigenvalue weighted by molar-refractivity contribution is -0.131. The molecule has 0 radical (unpaired) electrons. The summed E-state index contributed by atoms with van der Waals surface area (Å²) in [5.74, 6) is -1.15. The van der Waals surface area contributed by atoms with Crippen LogP contribution in [-0.2, 0) is 4.79 Å². The molecular formula is C12H22O5. The van der Waals surface area contributed by atoms with Crippen molar-refractivity contribution in [1.29, 1.82) is 0 Å². The van der Waals surface area contributed by atoms with Gasteiger partial charge in [0.05, 0.1) is 18.3 Å². The number of rotatable bonds is 9. The Hall–Kier alpha value is -0.910. The smallest absolute Gasteiger partial charge is 0.328 e. The summed E-state index contributed by atoms with van der Waals surface area (Å²) >= 11 is 0. The maximum absolute atomic E-state index is 10.2. The van der Waals surface area contributed by atoms with Gasteiger partial charge in [-0.25, -0.2) is 4.79 Å². The lowest BCUT2D eigenvalue weighted by atomic mass is 10.0. The Kier molecular flexibility index (Phi) is 8.66. The monoisotopic (exact) mass is 246 g/mol. The van der Waals surface area contributed by atoms with E-state index in [-0.39, 0.29) is 6.10 Å². The molecule has 0 rings (SSSR count). The first-order chi connectivity index (χ1) is 7.93. The highest BCUT2D eigenvalue weighted by atomic mass is 16.4. The topological polar surface area (TPSA) is 98.0 Å². The van der Waals surface area contributed by atoms with E-state index in [4.69, 9.17) is 10.2 Å². The van der Waals surface area contributed by atoms with Crippen molar-refractivity contribution >= 4 is 5.97 Å². The first-order valence-corrected chi connectivity index (χ1v) is 5.88. The Morgan fingerprint density at radius 1 is 1.12 bits per heavy atom. The quantitative estimate of drug-likeness (QED) is 0.354. The molecule has 0 spiro atoms. The molecule has 0 aromatic heterocycles. The SMILES string of the molecule is C[C@H](O)CCCCC[C@@H](O)[C@@H](O)/C=C\C(=O)O. The molecule has 5 nitrogen and oxygen atoms in total. The van der Waals surface area contributed by atoms with Crippen LogP contribution in [0.5, 0.6) is 0 Å². The summed E-state index contributed by atoms with van der Waals surface area (Å²) in [7, 11) is 0. The summed E-state index contributed by atoms with van der Waals surface area (Å²) < 4.78 is 0. The predicted octanol–water partition coefficient (Wildman–Crippen LogP) is 0.680. The van der Waals surface area contributed by atoms with Crippen LogP contribution < -0.4 is 0 Å². The van der Waals surface area contributed by atoms with Crippen molar-refractivity contribution in [2.24, 2.45) is 0 Å². The highest BCUT2D eigenvalue weighted by Crippen LogP contribution is 2.10. The summed E-state index contributed by atoms with van der Waals surface area (Å²) in [6.07, 6.45) is 3.17. The molecule has 100 valence electrons. The Labute approximate surface area is 101 Å². The van der Waals surface area contributed by atoms with Crippen molar-refractivity contribution in [3.8, 4) is 0 Å². The van der Waals surface area contributed by atoms with Gasteiger partial charge in [0.15, 0.2) is 0 Å². The third kappa shape index (κ3) is 9.99. The summed E-state index contributed by atoms with van der Waals surface area (Å²) in [5, 5.41) is 36.2. The Balaban J connectivity index is 3.64. The number of aliphatic carboxylic acids is 1. The van der Waals surface area contributed by atoms with Crippen LogP contribution in [0.4, 0.5) is 0 Å². The molecule has 0 saturated carbocycles. The maximum atomic E-state index is 10.2. The first-order valence-electron chi connectivity index (χ1n) is 5.88. The minimum Gasteiger partial charge on any atom is -0.478 e. The van der Waals surface area contributed by atoms with Gasteiger partial charge in [0.1, 0.15) is 0 Å². The average molecular weight is 246 g/mol. The second-order valence-corrected chi connectivity index (χ2v) is 4.24. The lowest BCUT2D eigenvalue weighted by Crippen LogP contribution is -2.23. The second kappa shape index (κ2) is 9.15. The molecule has 0 unspecified atom stereocenters. The van der Waals surface area contributed by atoms with Gasteiger partial charge in [0.2, 0.25) is 0 Å². The van der Waals surface area contributed by atoms with Crippen LogP contribution in [0.25, 0.3) is 0 Å². The van der Waals surface area contributed by atoms with Gasteiger partial charge in [-0.05, 0) is 25.8 Å². The number of carbonyl (C=O) groups is 1. The van der Waals surface area contributed by atoms with Crippen molar-refractivity contribution in [2.75, 3.05) is 0 Å². The molecule has 0 aliphatic heterocycles. The minimum absolute atomic E-state index is 0.302. The van der Waals surface area contributed by atoms with Gasteiger partial charge in [0, 0.05) is 6.08 Å². The van der Waals surface area contributed by atoms with E-state index in [1.807, 2.05) is 0 Å². The summed E-state index contributed by atoms with van der Waals surface area (Å²) in [5.41, 5.74) is 0. The Bertz CT molecular complexity index is 237. The fraction of sp³-hybridized carbons (Fsp3) is 0.750. The van der Waals surface area contributed by atoms with Crippen LogP contribution in [0, 0.1) is 0 Å². The Morgan fingerprint density at radius 3 is 2.24 bits per heavy atom.